The average molecular weight is 326 g/mol. The van der Waals surface area contributed by atoms with Gasteiger partial charge in [-0.3, -0.25) is 14.5 Å². The van der Waals surface area contributed by atoms with Crippen molar-refractivity contribution in [1.82, 2.24) is 0 Å². The second-order valence-corrected chi connectivity index (χ2v) is 6.50. The molecule has 0 saturated carbocycles. The number of hydrogen-bond acceptors (Lipinski definition) is 5. The zero-order chi connectivity index (χ0) is 16.7. The minimum absolute atomic E-state index is 0.260. The molecule has 0 saturated heterocycles. The number of hydrogen-bond donors (Lipinski definition) is 0. The van der Waals surface area contributed by atoms with Gasteiger partial charge in [0.05, 0.1) is 5.56 Å². The van der Waals surface area contributed by atoms with E-state index in [0.29, 0.717) is 21.7 Å². The van der Waals surface area contributed by atoms with Gasteiger partial charge in [-0.1, -0.05) is 18.2 Å². The number of nitrogens with zero attached hydrogens (tertiary/aromatic N) is 2. The number of anilines is 1. The Hall–Kier alpha value is -2.65. The first-order valence-corrected chi connectivity index (χ1v) is 7.87. The van der Waals surface area contributed by atoms with E-state index in [-0.39, 0.29) is 5.91 Å². The Morgan fingerprint density at radius 1 is 1.35 bits per heavy atom. The van der Waals surface area contributed by atoms with Crippen LogP contribution in [0.5, 0.6) is 0 Å². The Labute approximate surface area is 137 Å². The van der Waals surface area contributed by atoms with Gasteiger partial charge in [0.2, 0.25) is 6.23 Å². The van der Waals surface area contributed by atoms with E-state index < -0.39 is 12.2 Å². The van der Waals surface area contributed by atoms with Gasteiger partial charge < -0.3 is 4.74 Å². The van der Waals surface area contributed by atoms with Gasteiger partial charge in [0.25, 0.3) is 5.91 Å². The number of fused-ring (bicyclic) bond motifs is 1. The standard InChI is InChI=1S/C17H14N2O3S/c1-9-10(2)23-17(14(9)8-18)19-15(21)12-6-4-5-7-13(12)16(19)22-11(3)20/h4-7,16H,1-3H3. The van der Waals surface area contributed by atoms with E-state index >= 15 is 0 Å². The minimum atomic E-state index is -0.833. The highest BCUT2D eigenvalue weighted by atomic mass is 32.1. The molecule has 1 unspecified atom stereocenters. The summed E-state index contributed by atoms with van der Waals surface area (Å²) in [5, 5.41) is 9.98. The number of esters is 1. The second kappa shape index (κ2) is 5.52. The first kappa shape index (κ1) is 15.3. The number of rotatable bonds is 2. The number of thiophene rings is 1. The summed E-state index contributed by atoms with van der Waals surface area (Å²) in [7, 11) is 0. The third-order valence-electron chi connectivity index (χ3n) is 3.89. The highest BCUT2D eigenvalue weighted by molar-refractivity contribution is 7.16. The van der Waals surface area contributed by atoms with Crippen LogP contribution in [0.15, 0.2) is 24.3 Å². The molecular weight excluding hydrogens is 312 g/mol. The number of nitriles is 1. The van der Waals surface area contributed by atoms with Crippen LogP contribution in [0.25, 0.3) is 0 Å². The van der Waals surface area contributed by atoms with Crippen LogP contribution in [-0.2, 0) is 9.53 Å². The summed E-state index contributed by atoms with van der Waals surface area (Å²) in [5.74, 6) is -0.738. The summed E-state index contributed by atoms with van der Waals surface area (Å²) in [4.78, 5) is 26.7. The van der Waals surface area contributed by atoms with Gasteiger partial charge in [0, 0.05) is 22.9 Å². The molecule has 0 N–H and O–H groups in total. The molecule has 2 heterocycles. The van der Waals surface area contributed by atoms with Crippen LogP contribution in [0.3, 0.4) is 0 Å². The largest absolute Gasteiger partial charge is 0.437 e. The van der Waals surface area contributed by atoms with Crippen molar-refractivity contribution in [3.63, 3.8) is 0 Å². The quantitative estimate of drug-likeness (QED) is 0.792. The van der Waals surface area contributed by atoms with E-state index in [9.17, 15) is 14.9 Å². The van der Waals surface area contributed by atoms with Crippen molar-refractivity contribution in [1.29, 1.82) is 5.26 Å². The van der Waals surface area contributed by atoms with Crippen LogP contribution in [0.1, 0.15) is 45.1 Å². The molecule has 0 spiro atoms. The van der Waals surface area contributed by atoms with Crippen molar-refractivity contribution < 1.29 is 14.3 Å². The van der Waals surface area contributed by atoms with Crippen LogP contribution in [0.4, 0.5) is 5.00 Å². The summed E-state index contributed by atoms with van der Waals surface area (Å²) < 4.78 is 5.39. The average Bonchev–Trinajstić information content (AvgIpc) is 2.95. The maximum Gasteiger partial charge on any atom is 0.304 e. The smallest absolute Gasteiger partial charge is 0.304 e. The Morgan fingerprint density at radius 3 is 2.70 bits per heavy atom. The van der Waals surface area contributed by atoms with Crippen LogP contribution in [0.2, 0.25) is 0 Å². The Balaban J connectivity index is 2.19. The van der Waals surface area contributed by atoms with E-state index in [2.05, 4.69) is 6.07 Å². The first-order chi connectivity index (χ1) is 11.0. The fraction of sp³-hybridized carbons (Fsp3) is 0.235. The number of amides is 1. The van der Waals surface area contributed by atoms with Crippen molar-refractivity contribution in [2.24, 2.45) is 0 Å². The fourth-order valence-corrected chi connectivity index (χ4v) is 3.79. The number of carbonyl (C=O) groups excluding carboxylic acids is 2. The molecule has 0 fully saturated rings. The van der Waals surface area contributed by atoms with E-state index in [1.807, 2.05) is 13.8 Å². The molecule has 1 amide bonds. The minimum Gasteiger partial charge on any atom is -0.437 e. The van der Waals surface area contributed by atoms with Crippen LogP contribution < -0.4 is 4.90 Å². The van der Waals surface area contributed by atoms with E-state index in [1.54, 1.807) is 24.3 Å². The van der Waals surface area contributed by atoms with Gasteiger partial charge in [0.1, 0.15) is 11.1 Å². The molecule has 5 nitrogen and oxygen atoms in total. The molecule has 1 aromatic heterocycles. The zero-order valence-corrected chi connectivity index (χ0v) is 13.7. The number of benzene rings is 1. The lowest BCUT2D eigenvalue weighted by Gasteiger charge is -2.23. The molecule has 23 heavy (non-hydrogen) atoms. The number of carbonyl (C=O) groups is 2. The summed E-state index contributed by atoms with van der Waals surface area (Å²) in [5.41, 5.74) is 2.43. The fourth-order valence-electron chi connectivity index (χ4n) is 2.66. The molecule has 6 heteroatoms. The molecule has 116 valence electrons. The molecule has 2 aromatic rings. The third kappa shape index (κ3) is 2.30. The Bertz CT molecular complexity index is 863. The van der Waals surface area contributed by atoms with Gasteiger partial charge >= 0.3 is 5.97 Å². The molecule has 1 aliphatic heterocycles. The number of aryl methyl sites for hydroxylation is 1. The van der Waals surface area contributed by atoms with Gasteiger partial charge in [-0.25, -0.2) is 0 Å². The topological polar surface area (TPSA) is 70.4 Å². The van der Waals surface area contributed by atoms with Gasteiger partial charge in [-0.05, 0) is 25.5 Å². The maximum atomic E-state index is 12.8. The highest BCUT2D eigenvalue weighted by Crippen LogP contribution is 2.44. The van der Waals surface area contributed by atoms with Crippen molar-refractivity contribution >= 4 is 28.2 Å². The van der Waals surface area contributed by atoms with E-state index in [0.717, 1.165) is 10.4 Å². The van der Waals surface area contributed by atoms with Gasteiger partial charge in [0.15, 0.2) is 0 Å². The first-order valence-electron chi connectivity index (χ1n) is 7.05. The molecule has 1 aromatic carbocycles. The lowest BCUT2D eigenvalue weighted by Crippen LogP contribution is -2.30. The zero-order valence-electron chi connectivity index (χ0n) is 12.9. The molecule has 0 radical (unpaired) electrons. The summed E-state index contributed by atoms with van der Waals surface area (Å²) in [6.45, 7) is 5.06. The van der Waals surface area contributed by atoms with Crippen molar-refractivity contribution in [3.05, 3.63) is 51.4 Å². The maximum absolute atomic E-state index is 12.8. The second-order valence-electron chi connectivity index (χ2n) is 5.30. The van der Waals surface area contributed by atoms with Crippen LogP contribution >= 0.6 is 11.3 Å². The molecule has 0 aliphatic carbocycles. The van der Waals surface area contributed by atoms with Crippen molar-refractivity contribution in [2.75, 3.05) is 4.90 Å². The summed E-state index contributed by atoms with van der Waals surface area (Å²) in [6, 6.07) is 9.18. The van der Waals surface area contributed by atoms with Gasteiger partial charge in [-0.15, -0.1) is 11.3 Å². The SMILES string of the molecule is CC(=O)OC1c2ccccc2C(=O)N1c1sc(C)c(C)c1C#N. The normalized spacial score (nSPS) is 16.2. The highest BCUT2D eigenvalue weighted by Gasteiger charge is 2.41. The Morgan fingerprint density at radius 2 is 2.04 bits per heavy atom. The lowest BCUT2D eigenvalue weighted by atomic mass is 10.1. The monoisotopic (exact) mass is 326 g/mol. The molecule has 0 bridgehead atoms. The molecule has 1 aliphatic rings. The summed E-state index contributed by atoms with van der Waals surface area (Å²) in [6.07, 6.45) is -0.833. The Kier molecular flexibility index (Phi) is 3.66. The van der Waals surface area contributed by atoms with Crippen LogP contribution in [0, 0.1) is 25.2 Å². The van der Waals surface area contributed by atoms with E-state index in [1.165, 1.54) is 23.2 Å². The van der Waals surface area contributed by atoms with Crippen molar-refractivity contribution in [2.45, 2.75) is 27.0 Å². The predicted octanol–water partition coefficient (Wildman–Crippen LogP) is 3.46. The van der Waals surface area contributed by atoms with Crippen LogP contribution in [-0.4, -0.2) is 11.9 Å². The molecular formula is C17H14N2O3S. The molecule has 3 rings (SSSR count). The number of ether oxygens (including phenoxy) is 1. The van der Waals surface area contributed by atoms with E-state index in [4.69, 9.17) is 4.74 Å². The lowest BCUT2D eigenvalue weighted by molar-refractivity contribution is -0.146. The predicted molar refractivity (Wildman–Crippen MR) is 86.3 cm³/mol. The van der Waals surface area contributed by atoms with Gasteiger partial charge in [-0.2, -0.15) is 5.26 Å². The molecule has 1 atom stereocenters. The third-order valence-corrected chi connectivity index (χ3v) is 5.09. The summed E-state index contributed by atoms with van der Waals surface area (Å²) >= 11 is 1.36. The van der Waals surface area contributed by atoms with Crippen molar-refractivity contribution in [3.8, 4) is 6.07 Å².